The predicted octanol–water partition coefficient (Wildman–Crippen LogP) is 13.3. The summed E-state index contributed by atoms with van der Waals surface area (Å²) >= 11 is -1.86. The van der Waals surface area contributed by atoms with Gasteiger partial charge in [-0.25, -0.2) is 26.3 Å². The largest absolute Gasteiger partial charge is 0.773 e. The van der Waals surface area contributed by atoms with Gasteiger partial charge in [0.15, 0.2) is 11.5 Å². The Morgan fingerprint density at radius 3 is 1.17 bits per heavy atom. The van der Waals surface area contributed by atoms with Crippen molar-refractivity contribution in [2.24, 2.45) is 5.73 Å². The minimum atomic E-state index is -3.48. The smallest absolute Gasteiger partial charge is 0.240 e. The monoisotopic (exact) mass is 1340 g/mol. The van der Waals surface area contributed by atoms with Crippen molar-refractivity contribution in [1.29, 1.82) is 0 Å². The lowest BCUT2D eigenvalue weighted by Crippen LogP contribution is -2.27. The Morgan fingerprint density at radius 2 is 0.809 bits per heavy atom. The third-order valence-corrected chi connectivity index (χ3v) is 19.7. The fraction of sp³-hybridized carbons (Fsp3) is 0.219. The molecule has 1 atom stereocenters. The van der Waals surface area contributed by atoms with Gasteiger partial charge in [0.25, 0.3) is 0 Å². The van der Waals surface area contributed by atoms with Crippen LogP contribution >= 0.6 is 0 Å². The summed E-state index contributed by atoms with van der Waals surface area (Å²) in [6, 6.07) is 67.7. The fourth-order valence-electron chi connectivity index (χ4n) is 10.9. The van der Waals surface area contributed by atoms with Crippen LogP contribution in [-0.4, -0.2) is 85.0 Å². The van der Waals surface area contributed by atoms with Crippen LogP contribution < -0.4 is 45.3 Å². The maximum Gasteiger partial charge on any atom is 0.240 e. The van der Waals surface area contributed by atoms with Crippen molar-refractivity contribution in [1.82, 2.24) is 9.44 Å². The molecule has 9 aromatic rings. The number of carbonyl (C=O) groups excluding carboxylic acids is 3. The van der Waals surface area contributed by atoms with Gasteiger partial charge in [0.2, 0.25) is 37.8 Å². The third-order valence-electron chi connectivity index (χ3n) is 16.9. The number of nitrogens with two attached hydrogens (primary N) is 1. The fourth-order valence-corrected chi connectivity index (χ4v) is 12.4. The Balaban J connectivity index is 0.000000369. The molecule has 0 saturated heterocycles. The van der Waals surface area contributed by atoms with Crippen LogP contribution in [0.1, 0.15) is 69.3 Å². The zero-order valence-corrected chi connectivity index (χ0v) is 55.4. The van der Waals surface area contributed by atoms with Crippen molar-refractivity contribution in [3.63, 3.8) is 0 Å². The maximum atomic E-state index is 13.2. The first-order valence-corrected chi connectivity index (χ1v) is 34.7. The summed E-state index contributed by atoms with van der Waals surface area (Å²) in [5, 5.41) is 9.21. The van der Waals surface area contributed by atoms with Gasteiger partial charge in [-0.2, -0.15) is 0 Å². The minimum Gasteiger partial charge on any atom is -0.773 e. The molecule has 3 fully saturated rings. The molecule has 3 amide bonds. The van der Waals surface area contributed by atoms with E-state index >= 15 is 0 Å². The summed E-state index contributed by atoms with van der Waals surface area (Å²) in [4.78, 5) is 39.7. The van der Waals surface area contributed by atoms with Crippen LogP contribution in [0.3, 0.4) is 0 Å². The molecule has 1 unspecified atom stereocenters. The van der Waals surface area contributed by atoms with E-state index in [4.69, 9.17) is 28.7 Å². The summed E-state index contributed by atoms with van der Waals surface area (Å²) in [5.74, 6) is 2.01. The molecule has 500 valence electrons. The summed E-state index contributed by atoms with van der Waals surface area (Å²) in [6.07, 6.45) is 6.01. The minimum absolute atomic E-state index is 0. The first-order valence-electron chi connectivity index (χ1n) is 30.2. The third kappa shape index (κ3) is 16.5. The highest BCUT2D eigenvalue weighted by Gasteiger charge is 2.53. The molecule has 3 aliphatic rings. The van der Waals surface area contributed by atoms with Crippen molar-refractivity contribution in [3.8, 4) is 50.6 Å². The van der Waals surface area contributed by atoms with Gasteiger partial charge < -0.3 is 40.4 Å². The van der Waals surface area contributed by atoms with Gasteiger partial charge in [0.05, 0.1) is 47.4 Å². The van der Waals surface area contributed by atoms with E-state index in [0.29, 0.717) is 23.7 Å². The quantitative estimate of drug-likeness (QED) is 0.0388. The molecule has 0 spiro atoms. The number of hydrogen-bond donors (Lipinski definition) is 6. The molecule has 94 heavy (non-hydrogen) atoms. The van der Waals surface area contributed by atoms with E-state index in [9.17, 15) is 31.2 Å². The van der Waals surface area contributed by atoms with Crippen molar-refractivity contribution in [2.75, 3.05) is 57.6 Å². The van der Waals surface area contributed by atoms with Crippen LogP contribution in [-0.2, 0) is 68.3 Å². The zero-order valence-electron chi connectivity index (χ0n) is 52.9. The van der Waals surface area contributed by atoms with Gasteiger partial charge in [0.1, 0.15) is 5.75 Å². The topological polar surface area (TPSA) is 273 Å². The van der Waals surface area contributed by atoms with Crippen LogP contribution in [0.25, 0.3) is 33.4 Å². The van der Waals surface area contributed by atoms with E-state index in [-0.39, 0.29) is 36.1 Å². The number of benzene rings is 9. The van der Waals surface area contributed by atoms with Crippen molar-refractivity contribution < 1.29 is 62.8 Å². The maximum absolute atomic E-state index is 13.2. The molecule has 7 N–H and O–H groups in total. The Hall–Kier alpha value is -9.32. The van der Waals surface area contributed by atoms with E-state index in [1.807, 2.05) is 158 Å². The lowest BCUT2D eigenvalue weighted by molar-refractivity contribution is -0.119. The predicted molar refractivity (Wildman–Crippen MR) is 381 cm³/mol. The van der Waals surface area contributed by atoms with Crippen LogP contribution in [0.5, 0.6) is 17.2 Å². The number of methoxy groups -OCH3 is 3. The van der Waals surface area contributed by atoms with Crippen molar-refractivity contribution in [2.45, 2.75) is 71.1 Å². The Morgan fingerprint density at radius 1 is 0.447 bits per heavy atom. The van der Waals surface area contributed by atoms with Crippen LogP contribution in [0.15, 0.2) is 228 Å². The van der Waals surface area contributed by atoms with E-state index < -0.39 is 47.4 Å². The lowest BCUT2D eigenvalue weighted by atomic mass is 9.94. The number of carbonyl (C=O) groups is 3. The van der Waals surface area contributed by atoms with E-state index in [0.717, 1.165) is 118 Å². The molecule has 3 aliphatic carbocycles. The summed E-state index contributed by atoms with van der Waals surface area (Å²) in [5.41, 5.74) is 16.1. The van der Waals surface area contributed by atoms with Crippen LogP contribution in [0.2, 0.25) is 0 Å². The first-order chi connectivity index (χ1) is 45.1. The molecule has 0 aromatic heterocycles. The average Bonchev–Trinajstić information content (AvgIpc) is 1.61. The van der Waals surface area contributed by atoms with Crippen molar-refractivity contribution >= 4 is 65.9 Å². The molecule has 12 rings (SSSR count). The average molecular weight is 1340 g/mol. The molecule has 9 aromatic carbocycles. The van der Waals surface area contributed by atoms with Gasteiger partial charge in [-0.3, -0.25) is 18.6 Å². The second-order valence-corrected chi connectivity index (χ2v) is 27.4. The SMILES string of the molecule is CNS(=O)(=O)c1ccc(-c2cccc(NC(=O)C3(c4cccc(OC)c4)CC3)c2)cc1.CNS(=O)(=O)c1ccc(-c2cccc(NC(=O)C3(c4ccccc4)CC3)c2)cc1.COc1ccc(C2(C(=O)Nc3cccc(-c4ccc(CN)cc4)c3)CC2)cc1OC.CS(=O)[O-].[HH].[HH].[HH].[HH].[HH].[HH]. The van der Waals surface area contributed by atoms with Crippen molar-refractivity contribution in [3.05, 3.63) is 241 Å². The number of ether oxygens (including phenoxy) is 3. The molecule has 0 radical (unpaired) electrons. The number of rotatable bonds is 20. The normalized spacial score (nSPS) is 14.6. The molecule has 0 aliphatic heterocycles. The summed E-state index contributed by atoms with van der Waals surface area (Å²) in [7, 11) is 0.652. The Labute approximate surface area is 561 Å². The number of anilines is 3. The molecule has 0 heterocycles. The van der Waals surface area contributed by atoms with Gasteiger partial charge in [-0.1, -0.05) is 145 Å². The molecule has 18 nitrogen and oxygen atoms in total. The molecule has 3 saturated carbocycles. The second-order valence-electron chi connectivity index (χ2n) is 22.8. The van der Waals surface area contributed by atoms with Crippen LogP contribution in [0.4, 0.5) is 17.1 Å². The first kappa shape index (κ1) is 69.0. The second kappa shape index (κ2) is 30.2. The van der Waals surface area contributed by atoms with Gasteiger partial charge in [-0.15, -0.1) is 0 Å². The lowest BCUT2D eigenvalue weighted by Gasteiger charge is -2.18. The zero-order chi connectivity index (χ0) is 67.3. The molecular weight excluding hydrogens is 1250 g/mol. The van der Waals surface area contributed by atoms with Gasteiger partial charge in [0, 0.05) is 32.2 Å². The Kier molecular flexibility index (Phi) is 22.2. The number of hydrogen-bond acceptors (Lipinski definition) is 13. The van der Waals surface area contributed by atoms with E-state index in [1.165, 1.54) is 14.1 Å². The van der Waals surface area contributed by atoms with Crippen LogP contribution in [0, 0.1) is 0 Å². The van der Waals surface area contributed by atoms with E-state index in [2.05, 4.69) is 37.5 Å². The molecular formula is C73H87N6O12S3-. The Bertz CT molecular complexity index is 4440. The number of nitrogens with one attached hydrogen (secondary N) is 5. The van der Waals surface area contributed by atoms with Gasteiger partial charge in [-0.05, 0) is 199 Å². The number of amides is 3. The highest BCUT2D eigenvalue weighted by atomic mass is 32.2. The highest BCUT2D eigenvalue weighted by Crippen LogP contribution is 2.52. The summed E-state index contributed by atoms with van der Waals surface area (Å²) in [6.45, 7) is 0.522. The summed E-state index contributed by atoms with van der Waals surface area (Å²) < 4.78 is 86.2. The molecule has 21 heteroatoms. The number of sulfonamides is 2. The van der Waals surface area contributed by atoms with Gasteiger partial charge >= 0.3 is 0 Å². The van der Waals surface area contributed by atoms with E-state index in [1.54, 1.807) is 69.9 Å². The standard InChI is InChI=1S/C25H26N2O3.C24H24N2O4S.C23H22N2O3S.CH4O2S.6H2/c1-29-22-11-10-20(15-23(22)30-2)25(12-13-25)24(28)27-21-5-3-4-19(14-21)18-8-6-17(16-26)7-9-18;1-25-31(28,29)22-11-9-17(10-12-22)18-5-3-7-20(15-18)26-23(27)24(13-14-24)19-6-4-8-21(16-19)30-2;1-24-29(27,28)21-12-10-17(11-13-21)18-6-5-9-20(16-18)25-22(26)23(14-15-23)19-7-3-2-4-8-19;1-4(2)3;;;;;;/h3-11,14-15H,12-13,16,26H2,1-2H3,(H,27,28);3-12,15-16,25H,13-14H2,1-2H3,(H,26,27);2-13,16,24H,14-15H2,1H3,(H,25,26);1H3,(H,2,3);6*1H/p-1. The molecule has 0 bridgehead atoms. The highest BCUT2D eigenvalue weighted by molar-refractivity contribution is 7.89.